The van der Waals surface area contributed by atoms with Gasteiger partial charge in [-0.05, 0) is 31.0 Å². The van der Waals surface area contributed by atoms with Gasteiger partial charge in [0.05, 0.1) is 23.4 Å². The van der Waals surface area contributed by atoms with E-state index in [2.05, 4.69) is 15.6 Å². The van der Waals surface area contributed by atoms with Crippen LogP contribution in [0.25, 0.3) is 10.2 Å². The van der Waals surface area contributed by atoms with E-state index in [9.17, 15) is 4.79 Å². The molecular weight excluding hydrogens is 437 g/mol. The Hall–Kier alpha value is -1.19. The van der Waals surface area contributed by atoms with Crippen molar-refractivity contribution in [2.75, 3.05) is 25.6 Å². The number of fused-ring (bicyclic) bond motifs is 1. The van der Waals surface area contributed by atoms with Crippen LogP contribution in [-0.4, -0.2) is 47.5 Å². The zero-order valence-corrected chi connectivity index (χ0v) is 17.4. The number of alkyl carbamates (subject to hydrolysis) is 1. The molecule has 2 aromatic rings. The van der Waals surface area contributed by atoms with Crippen molar-refractivity contribution in [2.45, 2.75) is 28.9 Å². The molecule has 7 nitrogen and oxygen atoms in total. The molecule has 1 amide bonds. The highest BCUT2D eigenvalue weighted by atomic mass is 35.6. The zero-order chi connectivity index (χ0) is 19.4. The fourth-order valence-electron chi connectivity index (χ4n) is 2.52. The lowest BCUT2D eigenvalue weighted by Gasteiger charge is -2.26. The van der Waals surface area contributed by atoms with Crippen molar-refractivity contribution in [2.24, 2.45) is 0 Å². The average molecular weight is 455 g/mol. The molecule has 0 saturated carbocycles. The monoisotopic (exact) mass is 453 g/mol. The number of carbonyl (C=O) groups is 1. The number of nitrogens with one attached hydrogen (secondary N) is 2. The maximum atomic E-state index is 12.1. The summed E-state index contributed by atoms with van der Waals surface area (Å²) in [5.74, 6) is 0.714. The third-order valence-corrected chi connectivity index (χ3v) is 5.48. The molecule has 1 aromatic heterocycles. The third kappa shape index (κ3) is 5.65. The highest BCUT2D eigenvalue weighted by molar-refractivity contribution is 7.22. The molecule has 148 valence electrons. The largest absolute Gasteiger partial charge is 0.497 e. The lowest BCUT2D eigenvalue weighted by Crippen LogP contribution is -2.49. The number of amides is 1. The maximum Gasteiger partial charge on any atom is 0.408 e. The van der Waals surface area contributed by atoms with Crippen molar-refractivity contribution in [3.05, 3.63) is 18.2 Å². The number of alkyl halides is 3. The molecule has 1 saturated heterocycles. The van der Waals surface area contributed by atoms with Gasteiger partial charge in [0.2, 0.25) is 3.79 Å². The van der Waals surface area contributed by atoms with Gasteiger partial charge in [-0.3, -0.25) is 5.32 Å². The molecule has 0 aliphatic carbocycles. The number of nitrogens with zero attached hydrogens (tertiary/aromatic N) is 1. The predicted octanol–water partition coefficient (Wildman–Crippen LogP) is 4.32. The molecule has 0 radical (unpaired) electrons. The topological polar surface area (TPSA) is 81.7 Å². The lowest BCUT2D eigenvalue weighted by atomic mass is 10.2. The lowest BCUT2D eigenvalue weighted by molar-refractivity contribution is 0.0432. The van der Waals surface area contributed by atoms with Crippen molar-refractivity contribution in [3.8, 4) is 5.75 Å². The molecule has 1 aliphatic heterocycles. The molecule has 1 aromatic carbocycles. The molecule has 3 rings (SSSR count). The molecule has 0 spiro atoms. The van der Waals surface area contributed by atoms with Crippen molar-refractivity contribution < 1.29 is 19.0 Å². The van der Waals surface area contributed by atoms with Crippen LogP contribution in [0.15, 0.2) is 18.2 Å². The number of aromatic nitrogens is 1. The van der Waals surface area contributed by atoms with Crippen molar-refractivity contribution in [1.29, 1.82) is 0 Å². The first kappa shape index (κ1) is 20.5. The van der Waals surface area contributed by atoms with Crippen molar-refractivity contribution in [3.63, 3.8) is 0 Å². The third-order valence-electron chi connectivity index (χ3n) is 3.88. The van der Waals surface area contributed by atoms with Gasteiger partial charge in [-0.2, -0.15) is 0 Å². The first-order valence-corrected chi connectivity index (χ1v) is 10.1. The summed E-state index contributed by atoms with van der Waals surface area (Å²) in [4.78, 5) is 16.5. The second-order valence-electron chi connectivity index (χ2n) is 5.85. The van der Waals surface area contributed by atoms with Gasteiger partial charge >= 0.3 is 6.09 Å². The smallest absolute Gasteiger partial charge is 0.408 e. The predicted molar refractivity (Wildman–Crippen MR) is 107 cm³/mol. The molecule has 27 heavy (non-hydrogen) atoms. The van der Waals surface area contributed by atoms with Gasteiger partial charge in [0.15, 0.2) is 11.3 Å². The highest BCUT2D eigenvalue weighted by Crippen LogP contribution is 2.34. The SMILES string of the molecule is COc1ccc2nc(N[C@H](NC(=O)OC[C@H]3CCCO3)C(Cl)(Cl)Cl)sc2c1. The first-order valence-electron chi connectivity index (χ1n) is 8.18. The Morgan fingerprint density at radius 2 is 2.30 bits per heavy atom. The highest BCUT2D eigenvalue weighted by Gasteiger charge is 2.35. The zero-order valence-electron chi connectivity index (χ0n) is 14.3. The van der Waals surface area contributed by atoms with E-state index in [0.29, 0.717) is 17.5 Å². The molecular formula is C16H18Cl3N3O4S. The molecule has 0 unspecified atom stereocenters. The summed E-state index contributed by atoms with van der Waals surface area (Å²) in [6, 6.07) is 5.48. The molecule has 2 atom stereocenters. The van der Waals surface area contributed by atoms with Gasteiger partial charge in [-0.15, -0.1) is 0 Å². The van der Waals surface area contributed by atoms with E-state index in [0.717, 1.165) is 23.1 Å². The van der Waals surface area contributed by atoms with Gasteiger partial charge < -0.3 is 19.5 Å². The number of ether oxygens (including phenoxy) is 3. The van der Waals surface area contributed by atoms with E-state index in [4.69, 9.17) is 49.0 Å². The summed E-state index contributed by atoms with van der Waals surface area (Å²) in [5, 5.41) is 5.93. The van der Waals surface area contributed by atoms with E-state index in [1.807, 2.05) is 12.1 Å². The number of benzene rings is 1. The van der Waals surface area contributed by atoms with Crippen LogP contribution in [0.1, 0.15) is 12.8 Å². The van der Waals surface area contributed by atoms with E-state index >= 15 is 0 Å². The Bertz CT molecular complexity index is 793. The molecule has 11 heteroatoms. The Labute approximate surface area is 175 Å². The van der Waals surface area contributed by atoms with Crippen LogP contribution in [0.4, 0.5) is 9.93 Å². The summed E-state index contributed by atoms with van der Waals surface area (Å²) >= 11 is 19.3. The van der Waals surface area contributed by atoms with Gasteiger partial charge in [-0.1, -0.05) is 46.1 Å². The fraction of sp³-hybridized carbons (Fsp3) is 0.500. The first-order chi connectivity index (χ1) is 12.8. The van der Waals surface area contributed by atoms with Crippen LogP contribution in [0.3, 0.4) is 0 Å². The Balaban J connectivity index is 1.65. The summed E-state index contributed by atoms with van der Waals surface area (Å²) < 4.78 is 14.8. The van der Waals surface area contributed by atoms with Crippen LogP contribution >= 0.6 is 46.1 Å². The Morgan fingerprint density at radius 1 is 1.48 bits per heavy atom. The Kier molecular flexibility index (Phi) is 6.75. The van der Waals surface area contributed by atoms with Gasteiger partial charge in [0, 0.05) is 6.61 Å². The van der Waals surface area contributed by atoms with E-state index in [-0.39, 0.29) is 12.7 Å². The number of hydrogen-bond donors (Lipinski definition) is 2. The summed E-state index contributed by atoms with van der Waals surface area (Å²) in [6.45, 7) is 0.829. The molecule has 2 N–H and O–H groups in total. The second kappa shape index (κ2) is 8.87. The van der Waals surface area contributed by atoms with Crippen LogP contribution < -0.4 is 15.4 Å². The maximum absolute atomic E-state index is 12.1. The van der Waals surface area contributed by atoms with Crippen molar-refractivity contribution >= 4 is 67.6 Å². The molecule has 2 heterocycles. The fourth-order valence-corrected chi connectivity index (χ4v) is 3.77. The minimum Gasteiger partial charge on any atom is -0.497 e. The number of hydrogen-bond acceptors (Lipinski definition) is 7. The van der Waals surface area contributed by atoms with E-state index in [1.165, 1.54) is 11.3 Å². The van der Waals surface area contributed by atoms with E-state index < -0.39 is 16.1 Å². The summed E-state index contributed by atoms with van der Waals surface area (Å²) in [6.07, 6.45) is -0.0291. The number of anilines is 1. The Morgan fingerprint density at radius 3 is 2.96 bits per heavy atom. The van der Waals surface area contributed by atoms with Crippen LogP contribution in [-0.2, 0) is 9.47 Å². The number of methoxy groups -OCH3 is 1. The minimum absolute atomic E-state index is 0.0887. The van der Waals surface area contributed by atoms with Crippen molar-refractivity contribution in [1.82, 2.24) is 10.3 Å². The van der Waals surface area contributed by atoms with E-state index in [1.54, 1.807) is 13.2 Å². The summed E-state index contributed by atoms with van der Waals surface area (Å²) in [7, 11) is 1.59. The summed E-state index contributed by atoms with van der Waals surface area (Å²) in [5.41, 5.74) is 0.757. The normalized spacial score (nSPS) is 18.3. The number of thiazole rings is 1. The number of carbonyl (C=O) groups excluding carboxylic acids is 1. The van der Waals surface area contributed by atoms with Gasteiger partial charge in [0.25, 0.3) is 0 Å². The molecule has 1 aliphatic rings. The van der Waals surface area contributed by atoms with Gasteiger partial charge in [0.1, 0.15) is 12.4 Å². The standard InChI is InChI=1S/C16H18Cl3N3O4S/c1-24-9-4-5-11-12(7-9)27-14(20-11)21-13(16(17,18)19)22-15(23)26-8-10-3-2-6-25-10/h4-5,7,10,13H,2-3,6,8H2,1H3,(H,20,21)(H,22,23)/t10-,13-/m1/s1. The second-order valence-corrected chi connectivity index (χ2v) is 9.25. The molecule has 1 fully saturated rings. The van der Waals surface area contributed by atoms with Crippen LogP contribution in [0.2, 0.25) is 0 Å². The van der Waals surface area contributed by atoms with Gasteiger partial charge in [-0.25, -0.2) is 9.78 Å². The number of rotatable bonds is 6. The molecule has 0 bridgehead atoms. The van der Waals surface area contributed by atoms with Crippen LogP contribution in [0, 0.1) is 0 Å². The van der Waals surface area contributed by atoms with Crippen LogP contribution in [0.5, 0.6) is 5.75 Å². The minimum atomic E-state index is -1.82. The average Bonchev–Trinajstić information content (AvgIpc) is 3.27. The quantitative estimate of drug-likeness (QED) is 0.500. The number of halogens is 3.